The number of carbonyl (C=O) groups is 2. The van der Waals surface area contributed by atoms with E-state index < -0.39 is 0 Å². The van der Waals surface area contributed by atoms with Crippen LogP contribution in [0.15, 0.2) is 48.5 Å². The van der Waals surface area contributed by atoms with Gasteiger partial charge in [-0.2, -0.15) is 0 Å². The molecule has 0 bridgehead atoms. The van der Waals surface area contributed by atoms with Crippen LogP contribution in [0.3, 0.4) is 0 Å². The Morgan fingerprint density at radius 3 is 2.30 bits per heavy atom. The van der Waals surface area contributed by atoms with Gasteiger partial charge in [-0.1, -0.05) is 42.5 Å². The minimum Gasteiger partial charge on any atom is -0.469 e. The van der Waals surface area contributed by atoms with E-state index in [2.05, 4.69) is 25.4 Å². The summed E-state index contributed by atoms with van der Waals surface area (Å²) in [6.45, 7) is 7.75. The Balaban J connectivity index is 1.34. The number of nitrogen functional groups attached to an aromatic ring is 1. The van der Waals surface area contributed by atoms with Crippen LogP contribution in [0.4, 0.5) is 5.82 Å². The van der Waals surface area contributed by atoms with E-state index in [1.54, 1.807) is 14.2 Å². The lowest BCUT2D eigenvalue weighted by molar-refractivity contribution is -0.139. The number of amides is 1. The van der Waals surface area contributed by atoms with Crippen molar-refractivity contribution in [3.63, 3.8) is 0 Å². The summed E-state index contributed by atoms with van der Waals surface area (Å²) in [4.78, 5) is 41.7. The Morgan fingerprint density at radius 1 is 0.872 bits per heavy atom. The highest BCUT2D eigenvalue weighted by atomic mass is 16.5. The molecular formula is C35H47N7O5. The summed E-state index contributed by atoms with van der Waals surface area (Å²) in [6.07, 6.45) is 1.57. The number of fused-ring (bicyclic) bond motifs is 3. The molecule has 5 rings (SSSR count). The Labute approximate surface area is 276 Å². The molecule has 0 atom stereocenters. The van der Waals surface area contributed by atoms with Gasteiger partial charge in [-0.3, -0.25) is 19.4 Å². The number of imidazole rings is 1. The number of carbonyl (C=O) groups excluding carboxylic acids is 2. The Hall–Kier alpha value is -4.10. The molecule has 1 aliphatic heterocycles. The van der Waals surface area contributed by atoms with Gasteiger partial charge < -0.3 is 29.4 Å². The van der Waals surface area contributed by atoms with Crippen molar-refractivity contribution in [1.82, 2.24) is 29.2 Å². The van der Waals surface area contributed by atoms with E-state index in [-0.39, 0.29) is 18.3 Å². The maximum atomic E-state index is 13.9. The van der Waals surface area contributed by atoms with Crippen LogP contribution in [-0.4, -0.2) is 121 Å². The van der Waals surface area contributed by atoms with Crippen molar-refractivity contribution in [3.8, 4) is 0 Å². The second-order valence-electron chi connectivity index (χ2n) is 12.0. The molecule has 1 amide bonds. The summed E-state index contributed by atoms with van der Waals surface area (Å²) in [6, 6.07) is 15.8. The predicted molar refractivity (Wildman–Crippen MR) is 182 cm³/mol. The first-order valence-electron chi connectivity index (χ1n) is 16.3. The van der Waals surface area contributed by atoms with Gasteiger partial charge in [0.15, 0.2) is 5.82 Å². The lowest BCUT2D eigenvalue weighted by Gasteiger charge is -2.35. The minimum absolute atomic E-state index is 0.1000. The van der Waals surface area contributed by atoms with Gasteiger partial charge in [-0.05, 0) is 23.6 Å². The molecule has 0 aliphatic carbocycles. The van der Waals surface area contributed by atoms with Crippen molar-refractivity contribution in [3.05, 3.63) is 65.5 Å². The third-order valence-electron chi connectivity index (χ3n) is 8.79. The fourth-order valence-electron chi connectivity index (χ4n) is 6.15. The quantitative estimate of drug-likeness (QED) is 0.182. The zero-order chi connectivity index (χ0) is 33.2. The molecule has 4 aromatic rings. The molecule has 12 nitrogen and oxygen atoms in total. The number of hydrogen-bond acceptors (Lipinski definition) is 10. The number of anilines is 1. The molecular weight excluding hydrogens is 598 g/mol. The van der Waals surface area contributed by atoms with E-state index in [0.717, 1.165) is 72.5 Å². The van der Waals surface area contributed by atoms with E-state index in [0.29, 0.717) is 57.1 Å². The van der Waals surface area contributed by atoms with Crippen LogP contribution < -0.4 is 5.73 Å². The smallest absolute Gasteiger partial charge is 0.309 e. The molecule has 0 saturated carbocycles. The molecule has 3 heterocycles. The number of methoxy groups -OCH3 is 3. The molecule has 1 fully saturated rings. The Bertz CT molecular complexity index is 1630. The summed E-state index contributed by atoms with van der Waals surface area (Å²) >= 11 is 0. The van der Waals surface area contributed by atoms with Crippen LogP contribution in [0.5, 0.6) is 0 Å². The van der Waals surface area contributed by atoms with E-state index in [9.17, 15) is 9.59 Å². The van der Waals surface area contributed by atoms with Crippen LogP contribution in [0.25, 0.3) is 21.9 Å². The predicted octanol–water partition coefficient (Wildman–Crippen LogP) is 2.75. The molecule has 2 aromatic carbocycles. The first kappa shape index (κ1) is 34.2. The highest BCUT2D eigenvalue weighted by Crippen LogP contribution is 2.29. The molecule has 0 radical (unpaired) electrons. The van der Waals surface area contributed by atoms with E-state index in [1.165, 1.54) is 7.11 Å². The molecule has 0 spiro atoms. The van der Waals surface area contributed by atoms with Gasteiger partial charge in [0.05, 0.1) is 44.3 Å². The molecule has 2 aromatic heterocycles. The number of para-hydroxylation sites is 1. The molecule has 1 aliphatic rings. The normalized spacial score (nSPS) is 14.2. The average Bonchev–Trinajstić information content (AvgIpc) is 3.46. The number of esters is 1. The van der Waals surface area contributed by atoms with Crippen molar-refractivity contribution in [2.24, 2.45) is 0 Å². The number of nitrogens with zero attached hydrogens (tertiary/aromatic N) is 6. The van der Waals surface area contributed by atoms with Gasteiger partial charge >= 0.3 is 5.97 Å². The van der Waals surface area contributed by atoms with Crippen LogP contribution in [0.1, 0.15) is 23.4 Å². The maximum absolute atomic E-state index is 13.9. The lowest BCUT2D eigenvalue weighted by Crippen LogP contribution is -2.50. The fourth-order valence-corrected chi connectivity index (χ4v) is 6.15. The van der Waals surface area contributed by atoms with Crippen molar-refractivity contribution >= 4 is 39.6 Å². The molecule has 252 valence electrons. The zero-order valence-corrected chi connectivity index (χ0v) is 27.8. The van der Waals surface area contributed by atoms with Gasteiger partial charge in [-0.25, -0.2) is 9.97 Å². The Kier molecular flexibility index (Phi) is 12.1. The maximum Gasteiger partial charge on any atom is 0.309 e. The number of benzene rings is 2. The summed E-state index contributed by atoms with van der Waals surface area (Å²) < 4.78 is 17.7. The van der Waals surface area contributed by atoms with Crippen LogP contribution >= 0.6 is 0 Å². The highest BCUT2D eigenvalue weighted by molar-refractivity contribution is 6.06. The number of piperazine rings is 1. The van der Waals surface area contributed by atoms with Crippen molar-refractivity contribution in [1.29, 1.82) is 0 Å². The number of aromatic nitrogens is 3. The molecule has 2 N–H and O–H groups in total. The lowest BCUT2D eigenvalue weighted by atomic mass is 10.1. The number of hydrogen-bond donors (Lipinski definition) is 1. The van der Waals surface area contributed by atoms with Crippen molar-refractivity contribution < 1.29 is 23.8 Å². The third kappa shape index (κ3) is 8.83. The summed E-state index contributed by atoms with van der Waals surface area (Å²) in [5, 5.41) is 0.998. The number of rotatable bonds is 16. The first-order chi connectivity index (χ1) is 22.9. The Morgan fingerprint density at radius 2 is 1.57 bits per heavy atom. The van der Waals surface area contributed by atoms with Crippen LogP contribution in [0, 0.1) is 0 Å². The van der Waals surface area contributed by atoms with E-state index >= 15 is 0 Å². The SMILES string of the molecule is COCCc1nc2c(N)nc3ccccc3c2n1CCCN(Cc1ccc(CC(=O)OC)cc1)C(=O)CN1CCN(CCOC)CC1. The van der Waals surface area contributed by atoms with Gasteiger partial charge in [-0.15, -0.1) is 0 Å². The van der Waals surface area contributed by atoms with Gasteiger partial charge in [0.1, 0.15) is 11.3 Å². The second kappa shape index (κ2) is 16.6. The zero-order valence-electron chi connectivity index (χ0n) is 27.8. The van der Waals surface area contributed by atoms with E-state index in [1.807, 2.05) is 47.4 Å². The molecule has 47 heavy (non-hydrogen) atoms. The van der Waals surface area contributed by atoms with Crippen molar-refractivity contribution in [2.75, 3.05) is 86.1 Å². The monoisotopic (exact) mass is 645 g/mol. The van der Waals surface area contributed by atoms with E-state index in [4.69, 9.17) is 24.9 Å². The largest absolute Gasteiger partial charge is 0.469 e. The second-order valence-corrected chi connectivity index (χ2v) is 12.0. The topological polar surface area (TPSA) is 128 Å². The highest BCUT2D eigenvalue weighted by Gasteiger charge is 2.23. The summed E-state index contributed by atoms with van der Waals surface area (Å²) in [7, 11) is 4.80. The standard InChI is InChI=1S/C35H47N7O5/c1-45-21-13-30-38-33-34(28-7-4-5-8-29(28)37-35(33)36)42(30)15-6-14-41(24-27-11-9-26(10-12-27)23-32(44)47-3)31(43)25-40-18-16-39(17-19-40)20-22-46-2/h4-5,7-12H,6,13-25H2,1-3H3,(H2,36,37). The minimum atomic E-state index is -0.279. The molecule has 1 saturated heterocycles. The number of nitrogens with two attached hydrogens (primary N) is 1. The van der Waals surface area contributed by atoms with Crippen LogP contribution in [-0.2, 0) is 49.7 Å². The third-order valence-corrected chi connectivity index (χ3v) is 8.79. The van der Waals surface area contributed by atoms with Crippen LogP contribution in [0.2, 0.25) is 0 Å². The number of aryl methyl sites for hydroxylation is 1. The summed E-state index contributed by atoms with van der Waals surface area (Å²) in [5.74, 6) is 1.12. The summed E-state index contributed by atoms with van der Waals surface area (Å²) in [5.41, 5.74) is 10.8. The average molecular weight is 646 g/mol. The molecule has 12 heteroatoms. The molecule has 0 unspecified atom stereocenters. The van der Waals surface area contributed by atoms with Gasteiger partial charge in [0.25, 0.3) is 0 Å². The van der Waals surface area contributed by atoms with Crippen molar-refractivity contribution in [2.45, 2.75) is 32.4 Å². The van der Waals surface area contributed by atoms with Gasteiger partial charge in [0.2, 0.25) is 5.91 Å². The first-order valence-corrected chi connectivity index (χ1v) is 16.3. The number of pyridine rings is 1. The van der Waals surface area contributed by atoms with Gasteiger partial charge in [0, 0.05) is 78.4 Å². The fraction of sp³-hybridized carbons (Fsp3) is 0.486. The number of ether oxygens (including phenoxy) is 3.